The number of primary amides is 1. The first kappa shape index (κ1) is 17.5. The molecule has 0 heterocycles. The van der Waals surface area contributed by atoms with Crippen molar-refractivity contribution in [3.8, 4) is 5.75 Å². The van der Waals surface area contributed by atoms with E-state index in [0.29, 0.717) is 17.9 Å². The standard InChI is InChI=1S/C19H22N2O3/c1-4-17(24-14-10-12(2)9-13(3)11-14)19(23)21-16-8-6-5-7-15(16)18(20)22/h5-11,17H,4H2,1-3H3,(H2,20,22)(H,21,23). The van der Waals surface area contributed by atoms with E-state index in [1.54, 1.807) is 24.3 Å². The molecular weight excluding hydrogens is 304 g/mol. The molecule has 2 aromatic rings. The second-order valence-electron chi connectivity index (χ2n) is 5.74. The van der Waals surface area contributed by atoms with Crippen molar-refractivity contribution in [1.82, 2.24) is 0 Å². The quantitative estimate of drug-likeness (QED) is 0.855. The highest BCUT2D eigenvalue weighted by Gasteiger charge is 2.20. The van der Waals surface area contributed by atoms with Crippen LogP contribution in [0, 0.1) is 13.8 Å². The highest BCUT2D eigenvalue weighted by molar-refractivity contribution is 6.04. The topological polar surface area (TPSA) is 81.4 Å². The smallest absolute Gasteiger partial charge is 0.265 e. The third kappa shape index (κ3) is 4.35. The molecule has 0 spiro atoms. The molecule has 0 aromatic heterocycles. The van der Waals surface area contributed by atoms with Crippen LogP contribution in [0.2, 0.25) is 0 Å². The molecule has 5 heteroatoms. The predicted molar refractivity (Wildman–Crippen MR) is 94.2 cm³/mol. The summed E-state index contributed by atoms with van der Waals surface area (Å²) in [7, 11) is 0. The lowest BCUT2D eigenvalue weighted by molar-refractivity contribution is -0.122. The largest absolute Gasteiger partial charge is 0.481 e. The van der Waals surface area contributed by atoms with Gasteiger partial charge in [-0.05, 0) is 55.7 Å². The van der Waals surface area contributed by atoms with Crippen LogP contribution in [0.1, 0.15) is 34.8 Å². The fraction of sp³-hybridized carbons (Fsp3) is 0.263. The first-order chi connectivity index (χ1) is 11.4. The summed E-state index contributed by atoms with van der Waals surface area (Å²) < 4.78 is 5.83. The second-order valence-corrected chi connectivity index (χ2v) is 5.74. The molecule has 0 radical (unpaired) electrons. The summed E-state index contributed by atoms with van der Waals surface area (Å²) in [5, 5.41) is 2.73. The van der Waals surface area contributed by atoms with E-state index in [1.165, 1.54) is 0 Å². The minimum atomic E-state index is -0.660. The van der Waals surface area contributed by atoms with Gasteiger partial charge in [0.25, 0.3) is 11.8 Å². The lowest BCUT2D eigenvalue weighted by Gasteiger charge is -2.18. The van der Waals surface area contributed by atoms with E-state index >= 15 is 0 Å². The fourth-order valence-electron chi connectivity index (χ4n) is 2.51. The van der Waals surface area contributed by atoms with Crippen molar-refractivity contribution in [2.75, 3.05) is 5.32 Å². The number of aryl methyl sites for hydroxylation is 2. The Morgan fingerprint density at radius 2 is 1.75 bits per heavy atom. The Hall–Kier alpha value is -2.82. The Morgan fingerprint density at radius 1 is 1.12 bits per heavy atom. The molecule has 24 heavy (non-hydrogen) atoms. The Bertz CT molecular complexity index is 736. The third-order valence-electron chi connectivity index (χ3n) is 3.59. The van der Waals surface area contributed by atoms with Crippen molar-refractivity contribution in [2.45, 2.75) is 33.3 Å². The van der Waals surface area contributed by atoms with Crippen molar-refractivity contribution in [3.05, 3.63) is 59.2 Å². The summed E-state index contributed by atoms with van der Waals surface area (Å²) >= 11 is 0. The Balaban J connectivity index is 2.16. The van der Waals surface area contributed by atoms with Crippen LogP contribution in [-0.4, -0.2) is 17.9 Å². The Labute approximate surface area is 141 Å². The molecular formula is C19H22N2O3. The van der Waals surface area contributed by atoms with Crippen molar-refractivity contribution < 1.29 is 14.3 Å². The van der Waals surface area contributed by atoms with Crippen molar-refractivity contribution in [3.63, 3.8) is 0 Å². The molecule has 0 saturated heterocycles. The Kier molecular flexibility index (Phi) is 5.58. The third-order valence-corrected chi connectivity index (χ3v) is 3.59. The van der Waals surface area contributed by atoms with E-state index in [9.17, 15) is 9.59 Å². The van der Waals surface area contributed by atoms with E-state index in [-0.39, 0.29) is 11.5 Å². The van der Waals surface area contributed by atoms with Crippen molar-refractivity contribution >= 4 is 17.5 Å². The molecule has 0 bridgehead atoms. The van der Waals surface area contributed by atoms with Crippen LogP contribution in [0.5, 0.6) is 5.75 Å². The number of amides is 2. The second kappa shape index (κ2) is 7.64. The molecule has 0 saturated carbocycles. The van der Waals surface area contributed by atoms with Gasteiger partial charge in [0.05, 0.1) is 11.3 Å². The van der Waals surface area contributed by atoms with Crippen LogP contribution < -0.4 is 15.8 Å². The molecule has 1 unspecified atom stereocenters. The van der Waals surface area contributed by atoms with E-state index in [1.807, 2.05) is 39.0 Å². The van der Waals surface area contributed by atoms with E-state index in [4.69, 9.17) is 10.5 Å². The van der Waals surface area contributed by atoms with Crippen LogP contribution in [0.3, 0.4) is 0 Å². The van der Waals surface area contributed by atoms with Gasteiger partial charge in [-0.2, -0.15) is 0 Å². The van der Waals surface area contributed by atoms with Crippen molar-refractivity contribution in [1.29, 1.82) is 0 Å². The highest BCUT2D eigenvalue weighted by atomic mass is 16.5. The number of benzene rings is 2. The molecule has 3 N–H and O–H groups in total. The SMILES string of the molecule is CCC(Oc1cc(C)cc(C)c1)C(=O)Nc1ccccc1C(N)=O. The molecule has 126 valence electrons. The van der Waals surface area contributed by atoms with Crippen LogP contribution >= 0.6 is 0 Å². The number of hydrogen-bond acceptors (Lipinski definition) is 3. The van der Waals surface area contributed by atoms with Gasteiger partial charge in [-0.3, -0.25) is 9.59 Å². The molecule has 0 aliphatic heterocycles. The predicted octanol–water partition coefficient (Wildman–Crippen LogP) is 3.20. The van der Waals surface area contributed by atoms with Gasteiger partial charge < -0.3 is 15.8 Å². The van der Waals surface area contributed by atoms with Gasteiger partial charge in [-0.15, -0.1) is 0 Å². The molecule has 2 aromatic carbocycles. The number of carbonyl (C=O) groups is 2. The maximum Gasteiger partial charge on any atom is 0.265 e. The summed E-state index contributed by atoms with van der Waals surface area (Å²) in [6, 6.07) is 12.5. The zero-order valence-electron chi connectivity index (χ0n) is 14.1. The molecule has 0 aliphatic carbocycles. The Morgan fingerprint density at radius 3 is 2.33 bits per heavy atom. The number of nitrogens with one attached hydrogen (secondary N) is 1. The van der Waals surface area contributed by atoms with Crippen LogP contribution in [0.25, 0.3) is 0 Å². The monoisotopic (exact) mass is 326 g/mol. The van der Waals surface area contributed by atoms with E-state index < -0.39 is 12.0 Å². The molecule has 2 rings (SSSR count). The van der Waals surface area contributed by atoms with Gasteiger partial charge in [0.2, 0.25) is 0 Å². The number of hydrogen-bond donors (Lipinski definition) is 2. The van der Waals surface area contributed by atoms with Crippen LogP contribution in [0.15, 0.2) is 42.5 Å². The molecule has 2 amide bonds. The minimum Gasteiger partial charge on any atom is -0.481 e. The summed E-state index contributed by atoms with van der Waals surface area (Å²) in [6.45, 7) is 5.82. The molecule has 0 aliphatic rings. The van der Waals surface area contributed by atoms with E-state index in [0.717, 1.165) is 11.1 Å². The molecule has 1 atom stereocenters. The number of rotatable bonds is 6. The lowest BCUT2D eigenvalue weighted by Crippen LogP contribution is -2.33. The first-order valence-corrected chi connectivity index (χ1v) is 7.85. The van der Waals surface area contributed by atoms with Crippen molar-refractivity contribution in [2.24, 2.45) is 5.73 Å². The van der Waals surface area contributed by atoms with Gasteiger partial charge in [-0.1, -0.05) is 25.1 Å². The number of para-hydroxylation sites is 1. The maximum absolute atomic E-state index is 12.5. The summed E-state index contributed by atoms with van der Waals surface area (Å²) in [6.07, 6.45) is -0.162. The summed E-state index contributed by atoms with van der Waals surface area (Å²) in [4.78, 5) is 24.0. The highest BCUT2D eigenvalue weighted by Crippen LogP contribution is 2.20. The number of nitrogens with two attached hydrogens (primary N) is 1. The van der Waals surface area contributed by atoms with Crippen LogP contribution in [-0.2, 0) is 4.79 Å². The van der Waals surface area contributed by atoms with Gasteiger partial charge in [0.15, 0.2) is 6.10 Å². The fourth-order valence-corrected chi connectivity index (χ4v) is 2.51. The normalized spacial score (nSPS) is 11.6. The number of carbonyl (C=O) groups excluding carboxylic acids is 2. The zero-order chi connectivity index (χ0) is 17.7. The van der Waals surface area contributed by atoms with Gasteiger partial charge in [-0.25, -0.2) is 0 Å². The minimum absolute atomic E-state index is 0.270. The van der Waals surface area contributed by atoms with E-state index in [2.05, 4.69) is 5.32 Å². The average molecular weight is 326 g/mol. The zero-order valence-corrected chi connectivity index (χ0v) is 14.1. The van der Waals surface area contributed by atoms with Gasteiger partial charge in [0.1, 0.15) is 5.75 Å². The van der Waals surface area contributed by atoms with Gasteiger partial charge in [0, 0.05) is 0 Å². The summed E-state index contributed by atoms with van der Waals surface area (Å²) in [5.41, 5.74) is 8.13. The molecule has 5 nitrogen and oxygen atoms in total. The molecule has 0 fully saturated rings. The maximum atomic E-state index is 12.5. The lowest BCUT2D eigenvalue weighted by atomic mass is 10.1. The summed E-state index contributed by atoms with van der Waals surface area (Å²) in [5.74, 6) is -0.253. The van der Waals surface area contributed by atoms with Crippen LogP contribution in [0.4, 0.5) is 5.69 Å². The van der Waals surface area contributed by atoms with Gasteiger partial charge >= 0.3 is 0 Å². The number of ether oxygens (including phenoxy) is 1. The number of anilines is 1. The first-order valence-electron chi connectivity index (χ1n) is 7.85. The average Bonchev–Trinajstić information content (AvgIpc) is 2.51.